The fourth-order valence-corrected chi connectivity index (χ4v) is 3.53. The second-order valence-electron chi connectivity index (χ2n) is 6.31. The van der Waals surface area contributed by atoms with Crippen molar-refractivity contribution in [2.45, 2.75) is 0 Å². The maximum Gasteiger partial charge on any atom is 0.187 e. The van der Waals surface area contributed by atoms with E-state index in [2.05, 4.69) is 20.5 Å². The predicted molar refractivity (Wildman–Crippen MR) is 121 cm³/mol. The molecule has 4 aromatic rings. The number of hydrogen-bond acceptors (Lipinski definition) is 7. The van der Waals surface area contributed by atoms with E-state index in [1.165, 1.54) is 11.3 Å². The van der Waals surface area contributed by atoms with Gasteiger partial charge in [0.25, 0.3) is 0 Å². The zero-order chi connectivity index (χ0) is 20.8. The van der Waals surface area contributed by atoms with Gasteiger partial charge in [-0.3, -0.25) is 0 Å². The number of nitrogens with one attached hydrogen (secondary N) is 1. The molecule has 0 atom stereocenters. The van der Waals surface area contributed by atoms with Crippen molar-refractivity contribution in [1.29, 1.82) is 0 Å². The molecule has 4 rings (SSSR count). The smallest absolute Gasteiger partial charge is 0.187 e. The molecule has 0 unspecified atom stereocenters. The van der Waals surface area contributed by atoms with E-state index in [1.54, 1.807) is 14.2 Å². The molecule has 1 N–H and O–H groups in total. The Kier molecular flexibility index (Phi) is 6.01. The summed E-state index contributed by atoms with van der Waals surface area (Å²) in [7, 11) is 3.27. The lowest BCUT2D eigenvalue weighted by Gasteiger charge is -2.10. The second-order valence-corrected chi connectivity index (χ2v) is 7.17. The summed E-state index contributed by atoms with van der Waals surface area (Å²) in [4.78, 5) is 4.69. The van der Waals surface area contributed by atoms with Gasteiger partial charge in [-0.05, 0) is 36.4 Å². The van der Waals surface area contributed by atoms with Gasteiger partial charge in [-0.25, -0.2) is 4.98 Å². The zero-order valence-electron chi connectivity index (χ0n) is 16.6. The van der Waals surface area contributed by atoms with Gasteiger partial charge in [-0.1, -0.05) is 30.3 Å². The molecular formula is C23H20N4O2S. The average molecular weight is 417 g/mol. The molecule has 0 spiro atoms. The fraction of sp³-hybridized carbons (Fsp3) is 0.0870. The fourth-order valence-electron chi connectivity index (χ4n) is 2.80. The van der Waals surface area contributed by atoms with Crippen LogP contribution >= 0.6 is 11.3 Å². The number of azo groups is 1. The number of anilines is 2. The molecule has 0 aliphatic heterocycles. The highest BCUT2D eigenvalue weighted by Gasteiger charge is 2.09. The Hall–Kier alpha value is -3.71. The minimum Gasteiger partial charge on any atom is -0.497 e. The maximum absolute atomic E-state index is 5.42. The number of methoxy groups -OCH3 is 2. The summed E-state index contributed by atoms with van der Waals surface area (Å²) >= 11 is 1.52. The van der Waals surface area contributed by atoms with E-state index in [0.717, 1.165) is 45.0 Å². The SMILES string of the molecule is COc1ccc(OC)c(Nc2nc(-c3ccc(N=Nc4ccccc4)cc3)cs2)c1. The Morgan fingerprint density at radius 1 is 0.833 bits per heavy atom. The molecule has 0 aliphatic carbocycles. The summed E-state index contributed by atoms with van der Waals surface area (Å²) in [6.45, 7) is 0. The molecule has 150 valence electrons. The van der Waals surface area contributed by atoms with E-state index >= 15 is 0 Å². The van der Waals surface area contributed by atoms with Gasteiger partial charge in [0.05, 0.1) is 37.0 Å². The molecule has 0 saturated carbocycles. The van der Waals surface area contributed by atoms with Gasteiger partial charge in [0, 0.05) is 17.0 Å². The molecule has 0 saturated heterocycles. The van der Waals surface area contributed by atoms with E-state index < -0.39 is 0 Å². The van der Waals surface area contributed by atoms with Crippen molar-refractivity contribution in [2.24, 2.45) is 10.2 Å². The Labute approximate surface area is 178 Å². The maximum atomic E-state index is 5.42. The molecule has 1 aromatic heterocycles. The minimum atomic E-state index is 0.723. The quantitative estimate of drug-likeness (QED) is 0.330. The van der Waals surface area contributed by atoms with Crippen molar-refractivity contribution in [3.63, 3.8) is 0 Å². The summed E-state index contributed by atoms with van der Waals surface area (Å²) < 4.78 is 10.7. The van der Waals surface area contributed by atoms with Gasteiger partial charge in [0.15, 0.2) is 5.13 Å². The normalized spacial score (nSPS) is 10.9. The Morgan fingerprint density at radius 3 is 2.27 bits per heavy atom. The van der Waals surface area contributed by atoms with E-state index in [1.807, 2.05) is 78.2 Å². The number of hydrogen-bond donors (Lipinski definition) is 1. The monoisotopic (exact) mass is 416 g/mol. The van der Waals surface area contributed by atoms with Crippen molar-refractivity contribution >= 4 is 33.5 Å². The van der Waals surface area contributed by atoms with Crippen molar-refractivity contribution in [3.8, 4) is 22.8 Å². The molecule has 30 heavy (non-hydrogen) atoms. The predicted octanol–water partition coefficient (Wildman–Crippen LogP) is 6.99. The number of thiazole rings is 1. The Balaban J connectivity index is 1.48. The third-order valence-electron chi connectivity index (χ3n) is 4.35. The first-order valence-corrected chi connectivity index (χ1v) is 10.1. The van der Waals surface area contributed by atoms with Crippen LogP contribution < -0.4 is 14.8 Å². The molecule has 1 heterocycles. The number of benzene rings is 3. The molecule has 0 amide bonds. The summed E-state index contributed by atoms with van der Waals surface area (Å²) in [5, 5.41) is 14.6. The van der Waals surface area contributed by atoms with E-state index in [9.17, 15) is 0 Å². The van der Waals surface area contributed by atoms with Crippen molar-refractivity contribution in [2.75, 3.05) is 19.5 Å². The lowest BCUT2D eigenvalue weighted by atomic mass is 10.1. The molecule has 0 radical (unpaired) electrons. The lowest BCUT2D eigenvalue weighted by molar-refractivity contribution is 0.405. The molecule has 3 aromatic carbocycles. The summed E-state index contributed by atoms with van der Waals surface area (Å²) in [6.07, 6.45) is 0. The standard InChI is InChI=1S/C23H20N4O2S/c1-28-19-12-13-22(29-2)20(14-19)24-23-25-21(15-30-23)16-8-10-18(11-9-16)27-26-17-6-4-3-5-7-17/h3-15H,1-2H3,(H,24,25). The average Bonchev–Trinajstić information content (AvgIpc) is 3.27. The van der Waals surface area contributed by atoms with Crippen LogP contribution in [0.5, 0.6) is 11.5 Å². The third kappa shape index (κ3) is 4.64. The molecule has 6 nitrogen and oxygen atoms in total. The van der Waals surface area contributed by atoms with Gasteiger partial charge in [0.2, 0.25) is 0 Å². The van der Waals surface area contributed by atoms with Crippen LogP contribution in [0.15, 0.2) is 88.4 Å². The van der Waals surface area contributed by atoms with E-state index in [0.29, 0.717) is 0 Å². The van der Waals surface area contributed by atoms with E-state index in [4.69, 9.17) is 9.47 Å². The van der Waals surface area contributed by atoms with Crippen molar-refractivity contribution < 1.29 is 9.47 Å². The van der Waals surface area contributed by atoms with Gasteiger partial charge >= 0.3 is 0 Å². The Bertz CT molecular complexity index is 1140. The highest BCUT2D eigenvalue weighted by molar-refractivity contribution is 7.14. The molecule has 0 fully saturated rings. The summed E-state index contributed by atoms with van der Waals surface area (Å²) in [6, 6.07) is 23.1. The van der Waals surface area contributed by atoms with Crippen LogP contribution in [0.25, 0.3) is 11.3 Å². The highest BCUT2D eigenvalue weighted by Crippen LogP contribution is 2.34. The topological polar surface area (TPSA) is 68.1 Å². The van der Waals surface area contributed by atoms with Gasteiger partial charge in [-0.2, -0.15) is 10.2 Å². The van der Waals surface area contributed by atoms with Gasteiger partial charge in [0.1, 0.15) is 11.5 Å². The first-order chi connectivity index (χ1) is 14.7. The van der Waals surface area contributed by atoms with Gasteiger partial charge < -0.3 is 14.8 Å². The third-order valence-corrected chi connectivity index (χ3v) is 5.11. The van der Waals surface area contributed by atoms with Crippen LogP contribution in [0, 0.1) is 0 Å². The number of nitrogens with zero attached hydrogens (tertiary/aromatic N) is 3. The van der Waals surface area contributed by atoms with Crippen LogP contribution in [-0.2, 0) is 0 Å². The molecule has 0 bridgehead atoms. The van der Waals surface area contributed by atoms with Crippen LogP contribution in [-0.4, -0.2) is 19.2 Å². The molecule has 0 aliphatic rings. The Morgan fingerprint density at radius 2 is 1.57 bits per heavy atom. The molecular weight excluding hydrogens is 396 g/mol. The number of aromatic nitrogens is 1. The number of ether oxygens (including phenoxy) is 2. The number of rotatable bonds is 7. The van der Waals surface area contributed by atoms with Crippen LogP contribution in [0.2, 0.25) is 0 Å². The first kappa shape index (κ1) is 19.6. The van der Waals surface area contributed by atoms with Crippen LogP contribution in [0.1, 0.15) is 0 Å². The zero-order valence-corrected chi connectivity index (χ0v) is 17.4. The minimum absolute atomic E-state index is 0.723. The van der Waals surface area contributed by atoms with Crippen LogP contribution in [0.4, 0.5) is 22.2 Å². The van der Waals surface area contributed by atoms with Crippen LogP contribution in [0.3, 0.4) is 0 Å². The van der Waals surface area contributed by atoms with Gasteiger partial charge in [-0.15, -0.1) is 11.3 Å². The molecule has 7 heteroatoms. The summed E-state index contributed by atoms with van der Waals surface area (Å²) in [5.41, 5.74) is 4.31. The van der Waals surface area contributed by atoms with Crippen molar-refractivity contribution in [1.82, 2.24) is 4.98 Å². The lowest BCUT2D eigenvalue weighted by Crippen LogP contribution is -1.95. The van der Waals surface area contributed by atoms with Crippen molar-refractivity contribution in [3.05, 3.63) is 78.2 Å². The van der Waals surface area contributed by atoms with E-state index in [-0.39, 0.29) is 0 Å². The highest BCUT2D eigenvalue weighted by atomic mass is 32.1. The first-order valence-electron chi connectivity index (χ1n) is 9.27. The second kappa shape index (κ2) is 9.19. The summed E-state index contributed by atoms with van der Waals surface area (Å²) in [5.74, 6) is 1.47. The largest absolute Gasteiger partial charge is 0.497 e.